The van der Waals surface area contributed by atoms with Gasteiger partial charge in [0.2, 0.25) is 5.91 Å². The van der Waals surface area contributed by atoms with E-state index in [4.69, 9.17) is 5.26 Å². The van der Waals surface area contributed by atoms with Crippen LogP contribution in [0, 0.1) is 11.8 Å². The van der Waals surface area contributed by atoms with Gasteiger partial charge in [-0.25, -0.2) is 4.89 Å². The Kier molecular flexibility index (Phi) is 5.60. The van der Waals surface area contributed by atoms with Crippen LogP contribution in [-0.4, -0.2) is 31.5 Å². The maximum absolute atomic E-state index is 11.8. The number of carbonyl (C=O) groups excluding carboxylic acids is 1. The van der Waals surface area contributed by atoms with Gasteiger partial charge in [-0.2, -0.15) is 0 Å². The van der Waals surface area contributed by atoms with E-state index in [9.17, 15) is 4.79 Å². The third-order valence-electron chi connectivity index (χ3n) is 2.97. The first-order valence-electron chi connectivity index (χ1n) is 5.48. The second-order valence-corrected chi connectivity index (χ2v) is 4.02. The molecular weight excluding hydrogens is 196 g/mol. The molecule has 3 N–H and O–H groups in total. The summed E-state index contributed by atoms with van der Waals surface area (Å²) in [6.45, 7) is 0.750. The standard InChI is InChI=1S/C10H20N2O3/c1-11-7-12-10(13)9-5-3-2-4-8(9)6-15-14/h8-9,11,14H,2-7H2,1H3,(H,12,13). The van der Waals surface area contributed by atoms with E-state index in [1.807, 2.05) is 0 Å². The smallest absolute Gasteiger partial charge is 0.224 e. The van der Waals surface area contributed by atoms with Crippen LogP contribution in [0.1, 0.15) is 25.7 Å². The molecule has 0 spiro atoms. The van der Waals surface area contributed by atoms with Crippen molar-refractivity contribution in [2.24, 2.45) is 11.8 Å². The molecule has 1 saturated carbocycles. The lowest BCUT2D eigenvalue weighted by Gasteiger charge is -2.29. The minimum absolute atomic E-state index is 0.0146. The first-order valence-corrected chi connectivity index (χ1v) is 5.48. The van der Waals surface area contributed by atoms with Gasteiger partial charge in [0.1, 0.15) is 0 Å². The minimum Gasteiger partial charge on any atom is -0.343 e. The van der Waals surface area contributed by atoms with E-state index < -0.39 is 0 Å². The van der Waals surface area contributed by atoms with E-state index in [0.717, 1.165) is 25.7 Å². The predicted octanol–water partition coefficient (Wildman–Crippen LogP) is 0.575. The average molecular weight is 216 g/mol. The summed E-state index contributed by atoms with van der Waals surface area (Å²) >= 11 is 0. The Labute approximate surface area is 90.1 Å². The molecule has 0 aromatic rings. The van der Waals surface area contributed by atoms with Crippen molar-refractivity contribution >= 4 is 5.91 Å². The van der Waals surface area contributed by atoms with Gasteiger partial charge in [-0.3, -0.25) is 10.1 Å². The highest BCUT2D eigenvalue weighted by molar-refractivity contribution is 5.79. The summed E-state index contributed by atoms with van der Waals surface area (Å²) < 4.78 is 0. The topological polar surface area (TPSA) is 70.6 Å². The molecule has 0 aromatic heterocycles. The number of amides is 1. The normalized spacial score (nSPS) is 26.3. The number of hydrogen-bond donors (Lipinski definition) is 3. The van der Waals surface area contributed by atoms with Crippen LogP contribution in [0.2, 0.25) is 0 Å². The summed E-state index contributed by atoms with van der Waals surface area (Å²) in [5.74, 6) is 0.200. The van der Waals surface area contributed by atoms with E-state index >= 15 is 0 Å². The molecule has 2 atom stereocenters. The zero-order chi connectivity index (χ0) is 11.1. The van der Waals surface area contributed by atoms with Crippen LogP contribution >= 0.6 is 0 Å². The molecule has 1 aliphatic carbocycles. The zero-order valence-corrected chi connectivity index (χ0v) is 9.16. The van der Waals surface area contributed by atoms with Gasteiger partial charge < -0.3 is 10.6 Å². The number of rotatable bonds is 5. The molecule has 1 aliphatic rings. The van der Waals surface area contributed by atoms with Gasteiger partial charge in [0.25, 0.3) is 0 Å². The van der Waals surface area contributed by atoms with E-state index in [-0.39, 0.29) is 24.3 Å². The van der Waals surface area contributed by atoms with Gasteiger partial charge in [-0.1, -0.05) is 12.8 Å². The SMILES string of the molecule is CNCNC(=O)C1CCCCC1COO. The summed E-state index contributed by atoms with van der Waals surface area (Å²) in [6, 6.07) is 0. The van der Waals surface area contributed by atoms with Gasteiger partial charge in [0.15, 0.2) is 0 Å². The lowest BCUT2D eigenvalue weighted by atomic mass is 9.79. The average Bonchev–Trinajstić information content (AvgIpc) is 2.27. The molecule has 0 aliphatic heterocycles. The Morgan fingerprint density at radius 3 is 2.87 bits per heavy atom. The molecule has 0 radical (unpaired) electrons. The Morgan fingerprint density at radius 1 is 1.47 bits per heavy atom. The van der Waals surface area contributed by atoms with Crippen LogP contribution in [-0.2, 0) is 9.68 Å². The van der Waals surface area contributed by atoms with Gasteiger partial charge in [0.05, 0.1) is 13.3 Å². The van der Waals surface area contributed by atoms with Crippen molar-refractivity contribution in [3.05, 3.63) is 0 Å². The first-order chi connectivity index (χ1) is 7.29. The van der Waals surface area contributed by atoms with Crippen molar-refractivity contribution in [2.45, 2.75) is 25.7 Å². The predicted molar refractivity (Wildman–Crippen MR) is 56.1 cm³/mol. The highest BCUT2D eigenvalue weighted by Crippen LogP contribution is 2.30. The van der Waals surface area contributed by atoms with Gasteiger partial charge in [0, 0.05) is 5.92 Å². The molecule has 15 heavy (non-hydrogen) atoms. The van der Waals surface area contributed by atoms with Crippen molar-refractivity contribution in [3.63, 3.8) is 0 Å². The lowest BCUT2D eigenvalue weighted by molar-refractivity contribution is -0.255. The molecule has 0 saturated heterocycles. The van der Waals surface area contributed by atoms with E-state index in [1.165, 1.54) is 0 Å². The molecule has 0 bridgehead atoms. The summed E-state index contributed by atoms with van der Waals surface area (Å²) in [4.78, 5) is 15.9. The van der Waals surface area contributed by atoms with Gasteiger partial charge in [-0.05, 0) is 25.8 Å². The fraction of sp³-hybridized carbons (Fsp3) is 0.900. The van der Waals surface area contributed by atoms with Crippen molar-refractivity contribution in [3.8, 4) is 0 Å². The van der Waals surface area contributed by atoms with E-state index in [0.29, 0.717) is 6.67 Å². The largest absolute Gasteiger partial charge is 0.343 e. The number of carbonyl (C=O) groups is 1. The van der Waals surface area contributed by atoms with Crippen LogP contribution in [0.3, 0.4) is 0 Å². The Hall–Kier alpha value is -0.650. The second-order valence-electron chi connectivity index (χ2n) is 4.02. The van der Waals surface area contributed by atoms with Crippen molar-refractivity contribution in [2.75, 3.05) is 20.3 Å². The Morgan fingerprint density at radius 2 is 2.20 bits per heavy atom. The first kappa shape index (κ1) is 12.4. The highest BCUT2D eigenvalue weighted by atomic mass is 17.1. The molecular formula is C10H20N2O3. The third kappa shape index (κ3) is 3.77. The fourth-order valence-electron chi connectivity index (χ4n) is 2.15. The van der Waals surface area contributed by atoms with E-state index in [2.05, 4.69) is 15.5 Å². The maximum Gasteiger partial charge on any atom is 0.224 e. The monoisotopic (exact) mass is 216 g/mol. The number of hydrogen-bond acceptors (Lipinski definition) is 4. The number of nitrogens with one attached hydrogen (secondary N) is 2. The van der Waals surface area contributed by atoms with Gasteiger partial charge in [-0.15, -0.1) is 0 Å². The maximum atomic E-state index is 11.8. The van der Waals surface area contributed by atoms with Crippen molar-refractivity contribution in [1.82, 2.24) is 10.6 Å². The Bertz CT molecular complexity index is 197. The van der Waals surface area contributed by atoms with Crippen LogP contribution in [0.4, 0.5) is 0 Å². The Balaban J connectivity index is 2.43. The molecule has 0 aromatic carbocycles. The third-order valence-corrected chi connectivity index (χ3v) is 2.97. The van der Waals surface area contributed by atoms with Crippen molar-refractivity contribution < 1.29 is 14.9 Å². The molecule has 88 valence electrons. The minimum atomic E-state index is -0.0146. The second kappa shape index (κ2) is 6.76. The van der Waals surface area contributed by atoms with Crippen molar-refractivity contribution in [1.29, 1.82) is 0 Å². The fourth-order valence-corrected chi connectivity index (χ4v) is 2.15. The zero-order valence-electron chi connectivity index (χ0n) is 9.16. The summed E-state index contributed by atoms with van der Waals surface area (Å²) in [7, 11) is 1.79. The van der Waals surface area contributed by atoms with E-state index in [1.54, 1.807) is 7.05 Å². The molecule has 1 amide bonds. The molecule has 5 heteroatoms. The summed E-state index contributed by atoms with van der Waals surface area (Å²) in [5, 5.41) is 14.1. The highest BCUT2D eigenvalue weighted by Gasteiger charge is 2.30. The molecule has 2 unspecified atom stereocenters. The lowest BCUT2D eigenvalue weighted by Crippen LogP contribution is -2.41. The molecule has 5 nitrogen and oxygen atoms in total. The van der Waals surface area contributed by atoms with Crippen LogP contribution in [0.5, 0.6) is 0 Å². The quantitative estimate of drug-likeness (QED) is 0.357. The summed E-state index contributed by atoms with van der Waals surface area (Å²) in [5.41, 5.74) is 0. The van der Waals surface area contributed by atoms with Gasteiger partial charge >= 0.3 is 0 Å². The van der Waals surface area contributed by atoms with Crippen LogP contribution in [0.25, 0.3) is 0 Å². The van der Waals surface area contributed by atoms with Crippen LogP contribution in [0.15, 0.2) is 0 Å². The molecule has 1 rings (SSSR count). The molecule has 0 heterocycles. The summed E-state index contributed by atoms with van der Waals surface area (Å²) in [6.07, 6.45) is 4.05. The molecule has 1 fully saturated rings. The van der Waals surface area contributed by atoms with Crippen LogP contribution < -0.4 is 10.6 Å².